The van der Waals surface area contributed by atoms with Gasteiger partial charge in [0, 0.05) is 48.2 Å². The van der Waals surface area contributed by atoms with E-state index in [0.717, 1.165) is 12.4 Å². The first-order valence-electron chi connectivity index (χ1n) is 15.6. The molecule has 2 aromatic heterocycles. The Labute approximate surface area is 353 Å². The first-order valence-corrected chi connectivity index (χ1v) is 18.6. The molecule has 0 N–H and O–H groups in total. The van der Waals surface area contributed by atoms with E-state index in [2.05, 4.69) is 9.97 Å². The molecule has 0 aliphatic rings. The molecule has 0 amide bonds. The summed E-state index contributed by atoms with van der Waals surface area (Å²) in [6.45, 7) is 0.259. The predicted octanol–water partition coefficient (Wildman–Crippen LogP) is 12.0. The van der Waals surface area contributed by atoms with E-state index in [1.807, 2.05) is 0 Å². The van der Waals surface area contributed by atoms with Gasteiger partial charge in [0.2, 0.25) is 11.8 Å². The Hall–Kier alpha value is -3.50. The lowest BCUT2D eigenvalue weighted by Gasteiger charge is -2.23. The summed E-state index contributed by atoms with van der Waals surface area (Å²) in [5, 5.41) is 23.1. The van der Waals surface area contributed by atoms with E-state index in [1.54, 1.807) is 0 Å². The molecule has 0 radical (unpaired) electrons. The third-order valence-electron chi connectivity index (χ3n) is 7.16. The van der Waals surface area contributed by atoms with Crippen LogP contribution in [0.25, 0.3) is 0 Å². The van der Waals surface area contributed by atoms with E-state index >= 15 is 0 Å². The van der Waals surface area contributed by atoms with Crippen molar-refractivity contribution in [2.75, 3.05) is 26.4 Å². The van der Waals surface area contributed by atoms with Gasteiger partial charge in [-0.2, -0.15) is 0 Å². The summed E-state index contributed by atoms with van der Waals surface area (Å²) in [6.07, 6.45) is 3.63. The number of hydrogen-bond acceptors (Lipinski definition) is 11. The molecule has 4 rings (SSSR count). The van der Waals surface area contributed by atoms with Crippen LogP contribution in [0.2, 0.25) is 20.1 Å². The van der Waals surface area contributed by atoms with Crippen LogP contribution in [-0.2, 0) is 4.74 Å². The van der Waals surface area contributed by atoms with Crippen LogP contribution in [0.4, 0.5) is 11.4 Å². The van der Waals surface area contributed by atoms with Gasteiger partial charge in [-0.1, -0.05) is 92.8 Å². The smallest absolute Gasteiger partial charge is 0.287 e. The highest BCUT2D eigenvalue weighted by molar-refractivity contribution is 6.56. The molecule has 4 aromatic rings. The van der Waals surface area contributed by atoms with E-state index in [1.165, 1.54) is 60.7 Å². The molecule has 0 fully saturated rings. The van der Waals surface area contributed by atoms with Gasteiger partial charge in [-0.15, -0.1) is 0 Å². The van der Waals surface area contributed by atoms with Crippen molar-refractivity contribution < 1.29 is 33.5 Å². The summed E-state index contributed by atoms with van der Waals surface area (Å²) < 4.78 is 29.5. The minimum atomic E-state index is -0.850. The molecule has 0 bridgehead atoms. The fraction of sp³-hybridized carbons (Fsp3) is 0.235. The molecular weight excluding hydrogens is 892 g/mol. The van der Waals surface area contributed by atoms with Gasteiger partial charge in [-0.05, 0) is 36.4 Å². The fourth-order valence-corrected chi connectivity index (χ4v) is 6.38. The highest BCUT2D eigenvalue weighted by Gasteiger charge is 2.25. The number of halogens is 8. The highest BCUT2D eigenvalue weighted by atomic mass is 35.5. The monoisotopic (exact) mass is 914 g/mol. The Morgan fingerprint density at radius 1 is 0.636 bits per heavy atom. The van der Waals surface area contributed by atoms with Crippen LogP contribution in [0.3, 0.4) is 0 Å². The van der Waals surface area contributed by atoms with Crippen molar-refractivity contribution in [2.45, 2.75) is 25.0 Å². The van der Waals surface area contributed by atoms with Crippen molar-refractivity contribution in [3.63, 3.8) is 0 Å². The minimum Gasteiger partial charge on any atom is -0.489 e. The zero-order chi connectivity index (χ0) is 40.1. The van der Waals surface area contributed by atoms with Gasteiger partial charge in [0.05, 0.1) is 43.2 Å². The van der Waals surface area contributed by atoms with Crippen molar-refractivity contribution in [3.8, 4) is 23.3 Å². The van der Waals surface area contributed by atoms with Gasteiger partial charge in [0.1, 0.15) is 58.3 Å². The maximum atomic E-state index is 11.2. The van der Waals surface area contributed by atoms with Crippen molar-refractivity contribution in [1.82, 2.24) is 9.97 Å². The van der Waals surface area contributed by atoms with Crippen molar-refractivity contribution >= 4 is 104 Å². The molecule has 2 aromatic carbocycles. The number of benzene rings is 2. The summed E-state index contributed by atoms with van der Waals surface area (Å²) in [6, 6.07) is 11.3. The van der Waals surface area contributed by atoms with Crippen molar-refractivity contribution in [1.29, 1.82) is 0 Å². The maximum Gasteiger partial charge on any atom is 0.287 e. The number of rotatable bonds is 20. The van der Waals surface area contributed by atoms with Crippen molar-refractivity contribution in [3.05, 3.63) is 134 Å². The van der Waals surface area contributed by atoms with Gasteiger partial charge >= 0.3 is 0 Å². The Kier molecular flexibility index (Phi) is 17.5. The maximum absolute atomic E-state index is 11.2. The lowest BCUT2D eigenvalue weighted by atomic mass is 10.1. The molecule has 0 saturated heterocycles. The normalized spacial score (nSPS) is 11.9. The average Bonchev–Trinajstić information content (AvgIpc) is 3.10. The summed E-state index contributed by atoms with van der Waals surface area (Å²) in [5.41, 5.74) is 0.292. The summed E-state index contributed by atoms with van der Waals surface area (Å²) in [4.78, 5) is 29.2. The molecule has 2 heterocycles. The standard InChI is InChI=1S/C34H26Cl8N4O9/c35-23-13-21(52-11-7-29(39)40)14-24(36)33(23)27(54-31-3-1-19(17-43-31)45(47)48)5-9-51-10-6-28(55-32-4-2-20(18-44-32)46(49)50)34-25(37)15-22(16-26(34)38)53-12-8-30(41)42/h1-4,7-8,13-18,27-28H,5-6,9-12H2. The van der Waals surface area contributed by atoms with E-state index in [9.17, 15) is 20.2 Å². The number of ether oxygens (including phenoxy) is 5. The molecule has 0 aliphatic carbocycles. The molecular formula is C34H26Cl8N4O9. The molecule has 2 unspecified atom stereocenters. The van der Waals surface area contributed by atoms with Crippen LogP contribution in [0.5, 0.6) is 23.3 Å². The minimum absolute atomic E-state index is 0.0234. The van der Waals surface area contributed by atoms with Gasteiger partial charge in [0.15, 0.2) is 0 Å². The van der Waals surface area contributed by atoms with Crippen molar-refractivity contribution in [2.24, 2.45) is 0 Å². The molecule has 55 heavy (non-hydrogen) atoms. The van der Waals surface area contributed by atoms with E-state index in [4.69, 9.17) is 116 Å². The van der Waals surface area contributed by atoms with Gasteiger partial charge in [0.25, 0.3) is 11.4 Å². The molecule has 0 spiro atoms. The quantitative estimate of drug-likeness (QED) is 0.0472. The predicted molar refractivity (Wildman–Crippen MR) is 212 cm³/mol. The zero-order valence-corrected chi connectivity index (χ0v) is 33.9. The number of pyridine rings is 2. The Balaban J connectivity index is 1.53. The molecule has 292 valence electrons. The molecule has 0 aliphatic heterocycles. The van der Waals surface area contributed by atoms with E-state index < -0.39 is 22.1 Å². The first-order chi connectivity index (χ1) is 26.2. The number of aromatic nitrogens is 2. The molecule has 2 atom stereocenters. The molecule has 13 nitrogen and oxygen atoms in total. The van der Waals surface area contributed by atoms with E-state index in [-0.39, 0.29) is 91.5 Å². The Morgan fingerprint density at radius 3 is 1.29 bits per heavy atom. The lowest BCUT2D eigenvalue weighted by Crippen LogP contribution is -2.16. The Bertz CT molecular complexity index is 1830. The van der Waals surface area contributed by atoms with Crippen LogP contribution in [0, 0.1) is 20.2 Å². The highest BCUT2D eigenvalue weighted by Crippen LogP contribution is 2.40. The van der Waals surface area contributed by atoms with Crippen LogP contribution < -0.4 is 18.9 Å². The van der Waals surface area contributed by atoms with Gasteiger partial charge in [-0.25, -0.2) is 9.97 Å². The lowest BCUT2D eigenvalue weighted by molar-refractivity contribution is -0.385. The fourth-order valence-electron chi connectivity index (χ4n) is 4.70. The van der Waals surface area contributed by atoms with Crippen LogP contribution in [-0.4, -0.2) is 46.2 Å². The second kappa shape index (κ2) is 21.7. The molecule has 0 saturated carbocycles. The third-order valence-corrected chi connectivity index (χ3v) is 9.03. The van der Waals surface area contributed by atoms with Gasteiger partial charge in [-0.3, -0.25) is 20.2 Å². The topological polar surface area (TPSA) is 158 Å². The second-order valence-electron chi connectivity index (χ2n) is 10.8. The summed E-state index contributed by atoms with van der Waals surface area (Å²) >= 11 is 49.3. The average molecular weight is 918 g/mol. The second-order valence-corrected chi connectivity index (χ2v) is 14.5. The first kappa shape index (κ1) is 44.2. The van der Waals surface area contributed by atoms with E-state index in [0.29, 0.717) is 22.6 Å². The third kappa shape index (κ3) is 13.9. The zero-order valence-electron chi connectivity index (χ0n) is 27.8. The Morgan fingerprint density at radius 2 is 1.00 bits per heavy atom. The van der Waals surface area contributed by atoms with Crippen LogP contribution >= 0.6 is 92.8 Å². The number of nitro groups is 2. The summed E-state index contributed by atoms with van der Waals surface area (Å²) in [5.74, 6) is 0.782. The number of hydrogen-bond donors (Lipinski definition) is 0. The molecule has 21 heteroatoms. The van der Waals surface area contributed by atoms with Gasteiger partial charge < -0.3 is 23.7 Å². The largest absolute Gasteiger partial charge is 0.489 e. The van der Waals surface area contributed by atoms with Crippen LogP contribution in [0.1, 0.15) is 36.2 Å². The number of nitrogens with zero attached hydrogens (tertiary/aromatic N) is 4. The van der Waals surface area contributed by atoms with Crippen LogP contribution in [0.15, 0.2) is 82.1 Å². The summed E-state index contributed by atoms with van der Waals surface area (Å²) in [7, 11) is 0. The SMILES string of the molecule is O=[N+]([O-])c1ccc(OC(CCOCCC(Oc2ccc([N+](=O)[O-])cn2)c2c(Cl)cc(OCC=C(Cl)Cl)cc2Cl)c2c(Cl)cc(OCC=C(Cl)Cl)cc2Cl)nc1.